The first-order chi connectivity index (χ1) is 16.8. The fourth-order valence-electron chi connectivity index (χ4n) is 5.22. The molecule has 2 saturated heterocycles. The minimum Gasteiger partial charge on any atom is -0.363 e. The number of amides is 1. The first-order valence-electron chi connectivity index (χ1n) is 11.8. The number of carbonyl (C=O) groups excluding carboxylic acids is 1. The van der Waals surface area contributed by atoms with Crippen LogP contribution in [0.3, 0.4) is 0 Å². The average Bonchev–Trinajstić information content (AvgIpc) is 3.57. The van der Waals surface area contributed by atoms with E-state index in [1.54, 1.807) is 24.4 Å². The maximum atomic E-state index is 15.1. The summed E-state index contributed by atoms with van der Waals surface area (Å²) in [4.78, 5) is 16.6. The van der Waals surface area contributed by atoms with Crippen molar-refractivity contribution in [3.8, 4) is 11.1 Å². The molecule has 2 aromatic carbocycles. The van der Waals surface area contributed by atoms with Crippen LogP contribution >= 0.6 is 0 Å². The molecule has 1 amide bonds. The first-order valence-corrected chi connectivity index (χ1v) is 13.2. The Morgan fingerprint density at radius 3 is 2.43 bits per heavy atom. The number of hydrogen-bond acceptors (Lipinski definition) is 4. The molecule has 0 bridgehead atoms. The summed E-state index contributed by atoms with van der Waals surface area (Å²) in [6.07, 6.45) is 4.56. The van der Waals surface area contributed by atoms with E-state index < -0.39 is 32.2 Å². The highest BCUT2D eigenvalue weighted by molar-refractivity contribution is 7.89. The van der Waals surface area contributed by atoms with Crippen molar-refractivity contribution in [3.05, 3.63) is 54.2 Å². The van der Waals surface area contributed by atoms with Gasteiger partial charge in [-0.25, -0.2) is 17.2 Å². The Morgan fingerprint density at radius 1 is 1.03 bits per heavy atom. The van der Waals surface area contributed by atoms with Crippen LogP contribution in [-0.4, -0.2) is 66.4 Å². The van der Waals surface area contributed by atoms with Gasteiger partial charge in [0.1, 0.15) is 18.2 Å². The molecule has 3 fully saturated rings. The Hall–Kier alpha value is -2.82. The van der Waals surface area contributed by atoms with Crippen LogP contribution in [0.25, 0.3) is 22.0 Å². The molecule has 0 radical (unpaired) electrons. The number of aromatic nitrogens is 1. The maximum Gasteiger partial charge on any atom is 0.248 e. The minimum absolute atomic E-state index is 0.00934. The molecule has 3 heterocycles. The van der Waals surface area contributed by atoms with Gasteiger partial charge in [-0.05, 0) is 60.9 Å². The summed E-state index contributed by atoms with van der Waals surface area (Å²) in [6.45, 7) is 0.788. The van der Waals surface area contributed by atoms with E-state index in [0.29, 0.717) is 24.9 Å². The molecular weight excluding hydrogens is 476 g/mol. The molecule has 1 saturated carbocycles. The van der Waals surface area contributed by atoms with Crippen LogP contribution in [0.15, 0.2) is 47.5 Å². The van der Waals surface area contributed by atoms with Gasteiger partial charge in [0, 0.05) is 30.8 Å². The van der Waals surface area contributed by atoms with Crippen LogP contribution in [0.4, 0.5) is 8.78 Å². The van der Waals surface area contributed by atoms with Gasteiger partial charge in [-0.3, -0.25) is 4.79 Å². The molecule has 3 aliphatic rings. The van der Waals surface area contributed by atoms with Gasteiger partial charge in [-0.1, -0.05) is 12.1 Å². The van der Waals surface area contributed by atoms with Crippen LogP contribution < -0.4 is 0 Å². The summed E-state index contributed by atoms with van der Waals surface area (Å²) >= 11 is 0. The molecular formula is C25H25F2N3O4S. The summed E-state index contributed by atoms with van der Waals surface area (Å²) in [6, 6.07) is 8.89. The number of ether oxygens (including phenoxy) is 1. The van der Waals surface area contributed by atoms with E-state index in [0.717, 1.165) is 35.9 Å². The topological polar surface area (TPSA) is 82.7 Å². The van der Waals surface area contributed by atoms with Crippen molar-refractivity contribution in [2.24, 2.45) is 0 Å². The van der Waals surface area contributed by atoms with Gasteiger partial charge in [0.05, 0.1) is 22.6 Å². The predicted octanol–water partition coefficient (Wildman–Crippen LogP) is 3.66. The second-order valence-corrected chi connectivity index (χ2v) is 11.6. The molecule has 0 unspecified atom stereocenters. The number of benzene rings is 2. The normalized spacial score (nSPS) is 21.2. The SMILES string of the molecule is O=C1COC2(CCN(S(=O)(=O)c3cc(F)c(-c4ccc5cc[nH]c5c4)c(F)c3)CC2)CN1C1CC1. The molecule has 10 heteroatoms. The number of halogens is 2. The number of H-pyrrole nitrogens is 1. The van der Waals surface area contributed by atoms with E-state index >= 15 is 8.78 Å². The number of rotatable bonds is 4. The molecule has 1 N–H and O–H groups in total. The third-order valence-electron chi connectivity index (χ3n) is 7.40. The Balaban J connectivity index is 1.22. The Morgan fingerprint density at radius 2 is 1.74 bits per heavy atom. The second kappa shape index (κ2) is 8.11. The van der Waals surface area contributed by atoms with Gasteiger partial charge in [-0.15, -0.1) is 0 Å². The summed E-state index contributed by atoms with van der Waals surface area (Å²) in [7, 11) is -4.10. The fourth-order valence-corrected chi connectivity index (χ4v) is 6.69. The number of nitrogens with zero attached hydrogens (tertiary/aromatic N) is 2. The number of morpholine rings is 1. The van der Waals surface area contributed by atoms with Gasteiger partial charge in [0.15, 0.2) is 0 Å². The number of piperidine rings is 1. The molecule has 184 valence electrons. The summed E-state index contributed by atoms with van der Waals surface area (Å²) < 4.78 is 63.8. The maximum absolute atomic E-state index is 15.1. The van der Waals surface area contributed by atoms with Crippen LogP contribution in [0.5, 0.6) is 0 Å². The number of hydrogen-bond donors (Lipinski definition) is 1. The molecule has 35 heavy (non-hydrogen) atoms. The molecule has 0 atom stereocenters. The monoisotopic (exact) mass is 501 g/mol. The average molecular weight is 502 g/mol. The zero-order valence-electron chi connectivity index (χ0n) is 19.0. The number of fused-ring (bicyclic) bond motifs is 1. The summed E-state index contributed by atoms with van der Waals surface area (Å²) in [5.74, 6) is -1.89. The summed E-state index contributed by atoms with van der Waals surface area (Å²) in [5, 5.41) is 0.906. The van der Waals surface area contributed by atoms with Crippen molar-refractivity contribution in [3.63, 3.8) is 0 Å². The lowest BCUT2D eigenvalue weighted by Crippen LogP contribution is -2.59. The Kier molecular flexibility index (Phi) is 5.24. The molecule has 2 aliphatic heterocycles. The van der Waals surface area contributed by atoms with Crippen molar-refractivity contribution in [1.82, 2.24) is 14.2 Å². The third-order valence-corrected chi connectivity index (χ3v) is 9.28. The smallest absolute Gasteiger partial charge is 0.248 e. The lowest BCUT2D eigenvalue weighted by atomic mass is 9.90. The van der Waals surface area contributed by atoms with Crippen molar-refractivity contribution in [2.75, 3.05) is 26.2 Å². The lowest BCUT2D eigenvalue weighted by molar-refractivity contribution is -0.170. The molecule has 6 rings (SSSR count). The molecule has 3 aromatic rings. The zero-order valence-corrected chi connectivity index (χ0v) is 19.8. The van der Waals surface area contributed by atoms with Crippen molar-refractivity contribution >= 4 is 26.8 Å². The van der Waals surface area contributed by atoms with Gasteiger partial charge in [-0.2, -0.15) is 4.31 Å². The van der Waals surface area contributed by atoms with Gasteiger partial charge in [0.25, 0.3) is 0 Å². The van der Waals surface area contributed by atoms with Crippen LogP contribution in [0, 0.1) is 11.6 Å². The minimum atomic E-state index is -4.10. The van der Waals surface area contributed by atoms with E-state index in [-0.39, 0.29) is 37.2 Å². The Labute approximate surface area is 201 Å². The molecule has 1 aliphatic carbocycles. The van der Waals surface area contributed by atoms with E-state index in [9.17, 15) is 13.2 Å². The third kappa shape index (κ3) is 3.93. The second-order valence-electron chi connectivity index (χ2n) is 9.67. The molecule has 1 aromatic heterocycles. The number of carbonyl (C=O) groups is 1. The molecule has 1 spiro atoms. The van der Waals surface area contributed by atoms with Crippen molar-refractivity contribution < 1.29 is 26.7 Å². The fraction of sp³-hybridized carbons (Fsp3) is 0.400. The largest absolute Gasteiger partial charge is 0.363 e. The number of aromatic amines is 1. The lowest BCUT2D eigenvalue weighted by Gasteiger charge is -2.46. The standard InChI is InChI=1S/C25H25F2N3O4S/c26-20-12-19(13-21(27)24(20)17-2-1-16-5-8-28-22(16)11-17)35(32,33)29-9-6-25(7-10-29)15-30(18-3-4-18)23(31)14-34-25/h1-2,5,8,11-13,18,28H,3-4,6-7,9-10,14-15H2. The van der Waals surface area contributed by atoms with E-state index in [4.69, 9.17) is 4.74 Å². The van der Waals surface area contributed by atoms with Gasteiger partial charge < -0.3 is 14.6 Å². The van der Waals surface area contributed by atoms with E-state index in [1.165, 1.54) is 4.31 Å². The van der Waals surface area contributed by atoms with Crippen LogP contribution in [0.2, 0.25) is 0 Å². The number of nitrogens with one attached hydrogen (secondary N) is 1. The highest BCUT2D eigenvalue weighted by atomic mass is 32.2. The van der Waals surface area contributed by atoms with Gasteiger partial charge in [0.2, 0.25) is 15.9 Å². The number of sulfonamides is 1. The van der Waals surface area contributed by atoms with E-state index in [2.05, 4.69) is 4.98 Å². The van der Waals surface area contributed by atoms with Gasteiger partial charge >= 0.3 is 0 Å². The van der Waals surface area contributed by atoms with E-state index in [1.807, 2.05) is 11.0 Å². The first kappa shape index (κ1) is 22.6. The predicted molar refractivity (Wildman–Crippen MR) is 125 cm³/mol. The van der Waals surface area contributed by atoms with Crippen molar-refractivity contribution in [2.45, 2.75) is 42.2 Å². The van der Waals surface area contributed by atoms with Crippen LogP contribution in [0.1, 0.15) is 25.7 Å². The van der Waals surface area contributed by atoms with Crippen LogP contribution in [-0.2, 0) is 19.6 Å². The quantitative estimate of drug-likeness (QED) is 0.592. The highest BCUT2D eigenvalue weighted by Crippen LogP contribution is 2.38. The Bertz CT molecular complexity index is 1400. The highest BCUT2D eigenvalue weighted by Gasteiger charge is 2.47. The summed E-state index contributed by atoms with van der Waals surface area (Å²) in [5.41, 5.74) is 0.216. The zero-order chi connectivity index (χ0) is 24.4. The molecule has 7 nitrogen and oxygen atoms in total. The van der Waals surface area contributed by atoms with Crippen molar-refractivity contribution in [1.29, 1.82) is 0 Å².